The van der Waals surface area contributed by atoms with E-state index >= 15 is 0 Å². The minimum absolute atomic E-state index is 0.420. The maximum atomic E-state index is 5.31. The summed E-state index contributed by atoms with van der Waals surface area (Å²) in [4.78, 5) is 10.4. The SMILES string of the molecule is CC1C/C=C/C(c2cccc(-c3cccc(-c4cnc5c(n4)c4c(c6ccccc65)C=CCC4)c3)c2)=C/CCc2c1c1ccccc1c1ccccc21. The van der Waals surface area contributed by atoms with Gasteiger partial charge in [-0.3, -0.25) is 4.98 Å². The van der Waals surface area contributed by atoms with Crippen LogP contribution in [0.25, 0.3) is 77.4 Å². The molecule has 1 atom stereocenters. The molecule has 0 amide bonds. The van der Waals surface area contributed by atoms with Crippen LogP contribution in [0.5, 0.6) is 0 Å². The topological polar surface area (TPSA) is 25.8 Å². The van der Waals surface area contributed by atoms with Crippen molar-refractivity contribution in [3.63, 3.8) is 0 Å². The Morgan fingerprint density at radius 3 is 1.98 bits per heavy atom. The van der Waals surface area contributed by atoms with Gasteiger partial charge in [0.05, 0.1) is 22.9 Å². The Hall–Kier alpha value is -6.12. The predicted molar refractivity (Wildman–Crippen MR) is 225 cm³/mol. The van der Waals surface area contributed by atoms with E-state index in [2.05, 4.69) is 159 Å². The van der Waals surface area contributed by atoms with Gasteiger partial charge in [-0.15, -0.1) is 0 Å². The van der Waals surface area contributed by atoms with Crippen LogP contribution in [0.2, 0.25) is 0 Å². The van der Waals surface area contributed by atoms with Crippen LogP contribution in [0, 0.1) is 0 Å². The lowest BCUT2D eigenvalue weighted by Crippen LogP contribution is -2.03. The quantitative estimate of drug-likeness (QED) is 0.174. The van der Waals surface area contributed by atoms with Crippen LogP contribution in [-0.4, -0.2) is 9.97 Å². The first-order chi connectivity index (χ1) is 26.2. The van der Waals surface area contributed by atoms with Crippen molar-refractivity contribution in [2.45, 2.75) is 44.9 Å². The predicted octanol–water partition coefficient (Wildman–Crippen LogP) is 13.5. The zero-order valence-corrected chi connectivity index (χ0v) is 30.0. The maximum absolute atomic E-state index is 5.31. The second-order valence-electron chi connectivity index (χ2n) is 14.7. The highest BCUT2D eigenvalue weighted by Crippen LogP contribution is 2.40. The molecule has 0 aliphatic heterocycles. The molecule has 2 aliphatic carbocycles. The molecule has 254 valence electrons. The summed E-state index contributed by atoms with van der Waals surface area (Å²) in [7, 11) is 0. The summed E-state index contributed by atoms with van der Waals surface area (Å²) >= 11 is 0. The highest BCUT2D eigenvalue weighted by Gasteiger charge is 2.20. The van der Waals surface area contributed by atoms with Crippen LogP contribution in [0.4, 0.5) is 0 Å². The summed E-state index contributed by atoms with van der Waals surface area (Å²) in [6.07, 6.45) is 18.7. The third-order valence-electron chi connectivity index (χ3n) is 11.5. The molecule has 1 aromatic heterocycles. The Labute approximate surface area is 310 Å². The molecular weight excluding hydrogens is 641 g/mol. The molecule has 53 heavy (non-hydrogen) atoms. The molecule has 7 aromatic carbocycles. The van der Waals surface area contributed by atoms with E-state index in [1.165, 1.54) is 76.8 Å². The van der Waals surface area contributed by atoms with Crippen LogP contribution < -0.4 is 0 Å². The highest BCUT2D eigenvalue weighted by atomic mass is 14.8. The van der Waals surface area contributed by atoms with E-state index in [0.29, 0.717) is 5.92 Å². The van der Waals surface area contributed by atoms with E-state index in [1.54, 1.807) is 0 Å². The minimum Gasteiger partial charge on any atom is -0.252 e. The number of benzene rings is 7. The lowest BCUT2D eigenvalue weighted by molar-refractivity contribution is 0.772. The third-order valence-corrected chi connectivity index (χ3v) is 11.5. The van der Waals surface area contributed by atoms with Crippen molar-refractivity contribution in [1.29, 1.82) is 0 Å². The lowest BCUT2D eigenvalue weighted by Gasteiger charge is -2.22. The van der Waals surface area contributed by atoms with Crippen LogP contribution in [0.1, 0.15) is 59.9 Å². The number of hydrogen-bond acceptors (Lipinski definition) is 2. The van der Waals surface area contributed by atoms with Crippen molar-refractivity contribution in [2.75, 3.05) is 0 Å². The fraction of sp³-hybridized carbons (Fsp3) is 0.137. The van der Waals surface area contributed by atoms with Crippen molar-refractivity contribution < 1.29 is 0 Å². The van der Waals surface area contributed by atoms with Gasteiger partial charge in [0.15, 0.2) is 0 Å². The molecule has 0 saturated carbocycles. The number of nitrogens with zero attached hydrogens (tertiary/aromatic N) is 2. The first-order valence-electron chi connectivity index (χ1n) is 19.1. The summed E-state index contributed by atoms with van der Waals surface area (Å²) in [6, 6.07) is 44.4. The molecular formula is C51H40N2. The Bertz CT molecular complexity index is 2830. The van der Waals surface area contributed by atoms with Gasteiger partial charge in [0, 0.05) is 10.9 Å². The van der Waals surface area contributed by atoms with Crippen LogP contribution in [-0.2, 0) is 12.8 Å². The lowest BCUT2D eigenvalue weighted by atomic mass is 9.82. The van der Waals surface area contributed by atoms with Gasteiger partial charge in [0.2, 0.25) is 0 Å². The van der Waals surface area contributed by atoms with Gasteiger partial charge in [-0.1, -0.05) is 146 Å². The fourth-order valence-electron chi connectivity index (χ4n) is 9.00. The molecule has 1 unspecified atom stereocenters. The summed E-state index contributed by atoms with van der Waals surface area (Å²) in [5, 5.41) is 7.96. The van der Waals surface area contributed by atoms with Crippen molar-refractivity contribution in [1.82, 2.24) is 9.97 Å². The van der Waals surface area contributed by atoms with Crippen LogP contribution in [0.15, 0.2) is 152 Å². The normalized spacial score (nSPS) is 17.4. The third kappa shape index (κ3) is 5.49. The first-order valence-corrected chi connectivity index (χ1v) is 19.1. The van der Waals surface area contributed by atoms with Crippen LogP contribution >= 0.6 is 0 Å². The number of fused-ring (bicyclic) bond motifs is 12. The molecule has 8 aromatic rings. The van der Waals surface area contributed by atoms with Gasteiger partial charge < -0.3 is 0 Å². The number of aromatic nitrogens is 2. The Kier molecular flexibility index (Phi) is 7.83. The standard InChI is InChI=1S/C51H40N2/c1-33-14-10-15-34(16-13-29-45-41-22-3-2-21-39(41)40-23-4-7-26-44(40)49(33)45)35-17-11-18-36(30-35)37-19-12-20-38(31-37)48-32-52-50-46-27-8-5-24-42(46)43-25-6-9-28-47(43)51(50)53-48/h2-8,10-12,15-27,30-33H,9,13-14,28-29H2,1H3/b15-10+,34-16-. The second kappa shape index (κ2) is 13.1. The van der Waals surface area contributed by atoms with Crippen LogP contribution in [0.3, 0.4) is 0 Å². The molecule has 2 aliphatic rings. The molecule has 2 nitrogen and oxygen atoms in total. The molecule has 0 radical (unpaired) electrons. The van der Waals surface area contributed by atoms with Gasteiger partial charge in [-0.25, -0.2) is 4.98 Å². The van der Waals surface area contributed by atoms with Gasteiger partial charge in [-0.2, -0.15) is 0 Å². The van der Waals surface area contributed by atoms with Crippen molar-refractivity contribution >= 4 is 55.0 Å². The largest absolute Gasteiger partial charge is 0.252 e. The number of aryl methyl sites for hydroxylation is 2. The monoisotopic (exact) mass is 680 g/mol. The summed E-state index contributed by atoms with van der Waals surface area (Å²) in [5.74, 6) is 0.420. The molecule has 2 heteroatoms. The molecule has 1 heterocycles. The van der Waals surface area contributed by atoms with E-state index < -0.39 is 0 Å². The number of allylic oxidation sites excluding steroid dienone is 5. The molecule has 0 saturated heterocycles. The Balaban J connectivity index is 1.000. The van der Waals surface area contributed by atoms with Crippen molar-refractivity contribution in [3.8, 4) is 22.4 Å². The summed E-state index contributed by atoms with van der Waals surface area (Å²) < 4.78 is 0. The Morgan fingerprint density at radius 2 is 1.17 bits per heavy atom. The summed E-state index contributed by atoms with van der Waals surface area (Å²) in [6.45, 7) is 2.40. The molecule has 0 spiro atoms. The van der Waals surface area contributed by atoms with Crippen molar-refractivity contribution in [2.24, 2.45) is 0 Å². The number of rotatable bonds is 3. The highest BCUT2D eigenvalue weighted by molar-refractivity contribution is 6.11. The van der Waals surface area contributed by atoms with E-state index in [9.17, 15) is 0 Å². The van der Waals surface area contributed by atoms with Gasteiger partial charge in [0.1, 0.15) is 0 Å². The molecule has 0 fully saturated rings. The minimum atomic E-state index is 0.420. The molecule has 0 bridgehead atoms. The smallest absolute Gasteiger partial charge is 0.0968 e. The summed E-state index contributed by atoms with van der Waals surface area (Å²) in [5.41, 5.74) is 14.6. The van der Waals surface area contributed by atoms with E-state index in [4.69, 9.17) is 9.97 Å². The molecule has 0 N–H and O–H groups in total. The second-order valence-corrected chi connectivity index (χ2v) is 14.7. The average molecular weight is 681 g/mol. The average Bonchev–Trinajstić information content (AvgIpc) is 3.23. The zero-order valence-electron chi connectivity index (χ0n) is 30.0. The maximum Gasteiger partial charge on any atom is 0.0968 e. The van der Waals surface area contributed by atoms with E-state index in [-0.39, 0.29) is 0 Å². The molecule has 10 rings (SSSR count). The van der Waals surface area contributed by atoms with Gasteiger partial charge in [0.25, 0.3) is 0 Å². The fourth-order valence-corrected chi connectivity index (χ4v) is 9.00. The number of hydrogen-bond donors (Lipinski definition) is 0. The zero-order chi connectivity index (χ0) is 35.3. The van der Waals surface area contributed by atoms with E-state index in [0.717, 1.165) is 54.4 Å². The van der Waals surface area contributed by atoms with Gasteiger partial charge >= 0.3 is 0 Å². The van der Waals surface area contributed by atoms with Crippen molar-refractivity contribution in [3.05, 3.63) is 180 Å². The van der Waals surface area contributed by atoms with Gasteiger partial charge in [-0.05, 0) is 122 Å². The first kappa shape index (κ1) is 31.6. The Morgan fingerprint density at radius 1 is 0.528 bits per heavy atom. The van der Waals surface area contributed by atoms with E-state index in [1.807, 2.05) is 6.20 Å².